The molecule has 31 heavy (non-hydrogen) atoms. The molecule has 4 amide bonds. The zero-order valence-corrected chi connectivity index (χ0v) is 18.3. The first-order valence-corrected chi connectivity index (χ1v) is 10.3. The van der Waals surface area contributed by atoms with Crippen molar-refractivity contribution in [1.29, 1.82) is 0 Å². The van der Waals surface area contributed by atoms with Gasteiger partial charge in [0.1, 0.15) is 18.0 Å². The summed E-state index contributed by atoms with van der Waals surface area (Å²) in [6.45, 7) is 5.38. The molecule has 1 aliphatic heterocycles. The van der Waals surface area contributed by atoms with Crippen molar-refractivity contribution in [2.45, 2.75) is 33.3 Å². The van der Waals surface area contributed by atoms with E-state index in [4.69, 9.17) is 16.3 Å². The summed E-state index contributed by atoms with van der Waals surface area (Å²) in [6, 6.07) is 11.8. The average molecular weight is 442 g/mol. The van der Waals surface area contributed by atoms with E-state index >= 15 is 0 Å². The third kappa shape index (κ3) is 5.44. The van der Waals surface area contributed by atoms with Gasteiger partial charge in [-0.3, -0.25) is 9.59 Å². The zero-order valence-electron chi connectivity index (χ0n) is 17.6. The minimum atomic E-state index is -0.652. The number of hydrogen-bond acceptors (Lipinski definition) is 4. The van der Waals surface area contributed by atoms with Gasteiger partial charge >= 0.3 is 6.03 Å². The summed E-state index contributed by atoms with van der Waals surface area (Å²) >= 11 is 6.23. The highest BCUT2D eigenvalue weighted by molar-refractivity contribution is 6.32. The predicted molar refractivity (Wildman–Crippen MR) is 120 cm³/mol. The first-order chi connectivity index (χ1) is 14.8. The molecule has 0 bridgehead atoms. The van der Waals surface area contributed by atoms with Crippen LogP contribution in [0.25, 0.3) is 6.08 Å². The number of carbonyl (C=O) groups is 3. The van der Waals surface area contributed by atoms with Crippen LogP contribution < -0.4 is 15.4 Å². The van der Waals surface area contributed by atoms with E-state index in [0.717, 1.165) is 16.9 Å². The van der Waals surface area contributed by atoms with Gasteiger partial charge in [-0.05, 0) is 55.7 Å². The molecule has 2 aromatic carbocycles. The molecule has 0 unspecified atom stereocenters. The zero-order chi connectivity index (χ0) is 22.5. The number of para-hydroxylation sites is 1. The molecule has 7 nitrogen and oxygen atoms in total. The molecule has 0 saturated carbocycles. The molecule has 0 atom stereocenters. The second-order valence-electron chi connectivity index (χ2n) is 7.29. The molecular weight excluding hydrogens is 418 g/mol. The van der Waals surface area contributed by atoms with Gasteiger partial charge in [0, 0.05) is 5.69 Å². The highest BCUT2D eigenvalue weighted by atomic mass is 35.5. The fourth-order valence-corrected chi connectivity index (χ4v) is 3.36. The lowest BCUT2D eigenvalue weighted by Crippen LogP contribution is -2.38. The number of rotatable bonds is 7. The van der Waals surface area contributed by atoms with Gasteiger partial charge in [0.2, 0.25) is 5.91 Å². The van der Waals surface area contributed by atoms with E-state index in [9.17, 15) is 14.4 Å². The Kier molecular flexibility index (Phi) is 6.97. The van der Waals surface area contributed by atoms with Crippen LogP contribution in [0, 0.1) is 0 Å². The van der Waals surface area contributed by atoms with E-state index < -0.39 is 17.8 Å². The van der Waals surface area contributed by atoms with Crippen LogP contribution in [0.3, 0.4) is 0 Å². The number of halogens is 1. The summed E-state index contributed by atoms with van der Waals surface area (Å²) in [6.07, 6.45) is 2.23. The quantitative estimate of drug-likeness (QED) is 0.497. The highest BCUT2D eigenvalue weighted by Gasteiger charge is 2.35. The van der Waals surface area contributed by atoms with Crippen LogP contribution in [0.1, 0.15) is 31.9 Å². The van der Waals surface area contributed by atoms with Crippen LogP contribution >= 0.6 is 11.6 Å². The third-order valence-electron chi connectivity index (χ3n) is 4.57. The fourth-order valence-electron chi connectivity index (χ4n) is 3.12. The minimum absolute atomic E-state index is 0.0265. The number of benzene rings is 2. The maximum atomic E-state index is 12.7. The molecule has 3 rings (SSSR count). The molecular formula is C23H24ClN3O4. The lowest BCUT2D eigenvalue weighted by atomic mass is 10.1. The van der Waals surface area contributed by atoms with Crippen LogP contribution in [0.5, 0.6) is 5.75 Å². The Bertz CT molecular complexity index is 1050. The number of imide groups is 1. The van der Waals surface area contributed by atoms with Crippen molar-refractivity contribution in [2.75, 3.05) is 11.9 Å². The first-order valence-electron chi connectivity index (χ1n) is 9.97. The van der Waals surface area contributed by atoms with Gasteiger partial charge in [-0.1, -0.05) is 42.8 Å². The number of ether oxygens (including phenoxy) is 1. The Morgan fingerprint density at radius 2 is 1.97 bits per heavy atom. The SMILES string of the molecule is CCc1ccccc1NC(=O)CN1C(=O)N/C(=C/c2ccc(OC(C)C)c(Cl)c2)C1=O. The van der Waals surface area contributed by atoms with Gasteiger partial charge in [-0.25, -0.2) is 9.69 Å². The maximum Gasteiger partial charge on any atom is 0.329 e. The summed E-state index contributed by atoms with van der Waals surface area (Å²) in [4.78, 5) is 38.2. The van der Waals surface area contributed by atoms with E-state index in [-0.39, 0.29) is 18.3 Å². The second kappa shape index (κ2) is 9.66. The number of nitrogens with zero attached hydrogens (tertiary/aromatic N) is 1. The molecule has 2 aromatic rings. The van der Waals surface area contributed by atoms with E-state index in [1.54, 1.807) is 24.3 Å². The van der Waals surface area contributed by atoms with Crippen molar-refractivity contribution in [3.8, 4) is 5.75 Å². The molecule has 0 radical (unpaired) electrons. The van der Waals surface area contributed by atoms with Crippen LogP contribution in [0.4, 0.5) is 10.5 Å². The molecule has 1 fully saturated rings. The molecule has 1 heterocycles. The molecule has 1 aliphatic rings. The van der Waals surface area contributed by atoms with Gasteiger partial charge < -0.3 is 15.4 Å². The number of amides is 4. The van der Waals surface area contributed by atoms with Crippen molar-refractivity contribution in [3.05, 3.63) is 64.3 Å². The largest absolute Gasteiger partial charge is 0.489 e. The van der Waals surface area contributed by atoms with Gasteiger partial charge in [-0.2, -0.15) is 0 Å². The van der Waals surface area contributed by atoms with E-state index in [1.807, 2.05) is 39.0 Å². The molecule has 0 spiro atoms. The Labute approximate surface area is 186 Å². The van der Waals surface area contributed by atoms with Crippen molar-refractivity contribution >= 4 is 41.2 Å². The summed E-state index contributed by atoms with van der Waals surface area (Å²) in [5.74, 6) is -0.502. The number of carbonyl (C=O) groups excluding carboxylic acids is 3. The molecule has 8 heteroatoms. The maximum absolute atomic E-state index is 12.7. The number of anilines is 1. The monoisotopic (exact) mass is 441 g/mol. The summed E-state index contributed by atoms with van der Waals surface area (Å²) in [5, 5.41) is 5.66. The van der Waals surface area contributed by atoms with Crippen LogP contribution in [-0.2, 0) is 16.0 Å². The number of urea groups is 1. The van der Waals surface area contributed by atoms with E-state index in [2.05, 4.69) is 10.6 Å². The Balaban J connectivity index is 1.70. The summed E-state index contributed by atoms with van der Waals surface area (Å²) < 4.78 is 5.59. The fraction of sp³-hybridized carbons (Fsp3) is 0.261. The third-order valence-corrected chi connectivity index (χ3v) is 4.86. The second-order valence-corrected chi connectivity index (χ2v) is 7.70. The Morgan fingerprint density at radius 3 is 2.65 bits per heavy atom. The lowest BCUT2D eigenvalue weighted by Gasteiger charge is -2.13. The van der Waals surface area contributed by atoms with Crippen LogP contribution in [0.15, 0.2) is 48.2 Å². The highest BCUT2D eigenvalue weighted by Crippen LogP contribution is 2.27. The predicted octanol–water partition coefficient (Wildman–Crippen LogP) is 4.22. The average Bonchev–Trinajstić information content (AvgIpc) is 2.97. The van der Waals surface area contributed by atoms with Crippen LogP contribution in [-0.4, -0.2) is 35.4 Å². The van der Waals surface area contributed by atoms with Gasteiger partial charge in [0.15, 0.2) is 0 Å². The van der Waals surface area contributed by atoms with Crippen molar-refractivity contribution < 1.29 is 19.1 Å². The number of aryl methyl sites for hydroxylation is 1. The molecule has 2 N–H and O–H groups in total. The standard InChI is InChI=1S/C23H24ClN3O4/c1-4-16-7-5-6-8-18(16)25-21(28)13-27-22(29)19(26-23(27)30)12-15-9-10-20(17(24)11-15)31-14(2)3/h5-12,14H,4,13H2,1-3H3,(H,25,28)(H,26,30)/b19-12+. The molecule has 1 saturated heterocycles. The van der Waals surface area contributed by atoms with Gasteiger partial charge in [0.25, 0.3) is 5.91 Å². The minimum Gasteiger partial charge on any atom is -0.489 e. The Hall–Kier alpha value is -3.32. The summed E-state index contributed by atoms with van der Waals surface area (Å²) in [5.41, 5.74) is 2.32. The van der Waals surface area contributed by atoms with E-state index in [0.29, 0.717) is 22.0 Å². The van der Waals surface area contributed by atoms with Gasteiger partial charge in [0.05, 0.1) is 11.1 Å². The number of nitrogens with one attached hydrogen (secondary N) is 2. The lowest BCUT2D eigenvalue weighted by molar-refractivity contribution is -0.127. The topological polar surface area (TPSA) is 87.7 Å². The van der Waals surface area contributed by atoms with Crippen LogP contribution in [0.2, 0.25) is 5.02 Å². The molecule has 162 valence electrons. The molecule has 0 aromatic heterocycles. The Morgan fingerprint density at radius 1 is 1.23 bits per heavy atom. The summed E-state index contributed by atoms with van der Waals surface area (Å²) in [7, 11) is 0. The van der Waals surface area contributed by atoms with Crippen molar-refractivity contribution in [1.82, 2.24) is 10.2 Å². The van der Waals surface area contributed by atoms with Crippen molar-refractivity contribution in [3.63, 3.8) is 0 Å². The smallest absolute Gasteiger partial charge is 0.329 e. The van der Waals surface area contributed by atoms with Crippen molar-refractivity contribution in [2.24, 2.45) is 0 Å². The first kappa shape index (κ1) is 22.4. The van der Waals surface area contributed by atoms with Gasteiger partial charge in [-0.15, -0.1) is 0 Å². The molecule has 0 aliphatic carbocycles. The number of hydrogen-bond donors (Lipinski definition) is 2. The van der Waals surface area contributed by atoms with E-state index in [1.165, 1.54) is 6.08 Å². The normalized spacial score (nSPS) is 14.9.